The van der Waals surface area contributed by atoms with Crippen molar-refractivity contribution in [3.05, 3.63) is 52.1 Å². The second kappa shape index (κ2) is 11.9. The van der Waals surface area contributed by atoms with Crippen LogP contribution in [0.25, 0.3) is 0 Å². The minimum atomic E-state index is -2.05. The molecule has 0 aliphatic carbocycles. The highest BCUT2D eigenvalue weighted by molar-refractivity contribution is 6.74. The molecule has 0 spiro atoms. The van der Waals surface area contributed by atoms with E-state index < -0.39 is 42.9 Å². The Hall–Kier alpha value is -2.89. The molecule has 10 nitrogen and oxygen atoms in total. The van der Waals surface area contributed by atoms with Crippen LogP contribution in [-0.2, 0) is 25.2 Å². The molecule has 0 aromatic heterocycles. The van der Waals surface area contributed by atoms with Gasteiger partial charge in [0.1, 0.15) is 11.4 Å². The molecule has 1 fully saturated rings. The number of para-hydroxylation sites is 1. The van der Waals surface area contributed by atoms with Gasteiger partial charge in [-0.1, -0.05) is 52.0 Å². The zero-order valence-corrected chi connectivity index (χ0v) is 26.1. The Kier molecular flexibility index (Phi) is 9.42. The zero-order valence-electron chi connectivity index (χ0n) is 25.1. The highest BCUT2D eigenvalue weighted by Gasteiger charge is 2.47. The molecule has 2 amide bonds. The van der Waals surface area contributed by atoms with Crippen LogP contribution >= 0.6 is 0 Å². The van der Waals surface area contributed by atoms with Crippen LogP contribution in [0.2, 0.25) is 18.1 Å². The Bertz CT molecular complexity index is 1180. The first-order valence-corrected chi connectivity index (χ1v) is 16.7. The van der Waals surface area contributed by atoms with E-state index in [1.807, 2.05) is 6.92 Å². The van der Waals surface area contributed by atoms with Crippen LogP contribution < -0.4 is 0 Å². The van der Waals surface area contributed by atoms with Crippen LogP contribution in [0.3, 0.4) is 0 Å². The molecule has 2 aliphatic heterocycles. The summed E-state index contributed by atoms with van der Waals surface area (Å²) in [6, 6.07) is 6.14. The van der Waals surface area contributed by atoms with E-state index in [1.54, 1.807) is 51.1 Å². The molecule has 0 saturated carbocycles. The summed E-state index contributed by atoms with van der Waals surface area (Å²) in [5.41, 5.74) is -0.673. The number of carbonyl (C=O) groups excluding carboxylic acids is 2. The van der Waals surface area contributed by atoms with Gasteiger partial charge in [-0.25, -0.2) is 4.79 Å². The van der Waals surface area contributed by atoms with Crippen LogP contribution in [0.15, 0.2) is 41.4 Å². The molecular formula is C29H43N3O7Si. The van der Waals surface area contributed by atoms with Gasteiger partial charge in [0.05, 0.1) is 35.7 Å². The van der Waals surface area contributed by atoms with Crippen molar-refractivity contribution in [2.75, 3.05) is 0 Å². The molecule has 2 heterocycles. The highest BCUT2D eigenvalue weighted by atomic mass is 28.4. The maximum absolute atomic E-state index is 13.3. The number of ether oxygens (including phenoxy) is 2. The van der Waals surface area contributed by atoms with Gasteiger partial charge in [-0.15, -0.1) is 0 Å². The van der Waals surface area contributed by atoms with Crippen LogP contribution in [-0.4, -0.2) is 59.9 Å². The van der Waals surface area contributed by atoms with E-state index in [2.05, 4.69) is 38.9 Å². The number of nitro groups is 1. The van der Waals surface area contributed by atoms with Gasteiger partial charge in [-0.05, 0) is 51.4 Å². The maximum Gasteiger partial charge on any atom is 0.416 e. The van der Waals surface area contributed by atoms with Gasteiger partial charge in [-0.3, -0.25) is 19.8 Å². The first kappa shape index (κ1) is 31.6. The molecule has 2 aliphatic rings. The Morgan fingerprint density at radius 1 is 1.20 bits per heavy atom. The van der Waals surface area contributed by atoms with E-state index in [-0.39, 0.29) is 35.3 Å². The van der Waals surface area contributed by atoms with Gasteiger partial charge in [-0.2, -0.15) is 4.99 Å². The number of benzene rings is 1. The van der Waals surface area contributed by atoms with E-state index in [4.69, 9.17) is 13.9 Å². The molecule has 3 rings (SSSR count). The monoisotopic (exact) mass is 573 g/mol. The van der Waals surface area contributed by atoms with Crippen molar-refractivity contribution in [1.29, 1.82) is 0 Å². The fourth-order valence-corrected chi connectivity index (χ4v) is 5.86. The first-order chi connectivity index (χ1) is 18.4. The number of amides is 2. The quantitative estimate of drug-likeness (QED) is 0.210. The topological polar surface area (TPSA) is 121 Å². The molecule has 1 aromatic carbocycles. The van der Waals surface area contributed by atoms with Gasteiger partial charge in [0.25, 0.3) is 11.6 Å². The van der Waals surface area contributed by atoms with Crippen LogP contribution in [0.1, 0.15) is 66.9 Å². The summed E-state index contributed by atoms with van der Waals surface area (Å²) in [6.45, 7) is 18.0. The SMILES string of the molecule is CC[C@H]1O[C@@H](C2C=CC(N(Cc3ccccc3[N+](=O)[O-])C(=O)OC(C)(C)C)=NC2=O)C[C@H]1O[Si](C)(C)C(C)(C)C. The normalized spacial score (nSPS) is 23.6. The van der Waals surface area contributed by atoms with Gasteiger partial charge < -0.3 is 13.9 Å². The largest absolute Gasteiger partial charge is 0.443 e. The zero-order chi connectivity index (χ0) is 30.0. The second-order valence-electron chi connectivity index (χ2n) is 12.9. The van der Waals surface area contributed by atoms with E-state index in [9.17, 15) is 19.7 Å². The Balaban J connectivity index is 1.84. The fraction of sp³-hybridized carbons (Fsp3) is 0.621. The molecule has 0 bridgehead atoms. The summed E-state index contributed by atoms with van der Waals surface area (Å²) in [7, 11) is -2.05. The molecule has 4 atom stereocenters. The van der Waals surface area contributed by atoms with Crippen molar-refractivity contribution >= 4 is 31.8 Å². The van der Waals surface area contributed by atoms with Gasteiger partial charge in [0.2, 0.25) is 0 Å². The molecule has 1 unspecified atom stereocenters. The van der Waals surface area contributed by atoms with Gasteiger partial charge >= 0.3 is 6.09 Å². The number of nitro benzene ring substituents is 1. The number of amidine groups is 1. The average molecular weight is 574 g/mol. The molecule has 1 saturated heterocycles. The second-order valence-corrected chi connectivity index (χ2v) is 17.7. The lowest BCUT2D eigenvalue weighted by Gasteiger charge is -2.39. The number of dihydropyridines is 1. The average Bonchev–Trinajstić information content (AvgIpc) is 3.22. The highest BCUT2D eigenvalue weighted by Crippen LogP contribution is 2.41. The smallest absolute Gasteiger partial charge is 0.416 e. The van der Waals surface area contributed by atoms with Crippen LogP contribution in [0.4, 0.5) is 10.5 Å². The van der Waals surface area contributed by atoms with Crippen LogP contribution in [0.5, 0.6) is 0 Å². The minimum Gasteiger partial charge on any atom is -0.443 e. The van der Waals surface area contributed by atoms with E-state index >= 15 is 0 Å². The predicted molar refractivity (Wildman–Crippen MR) is 156 cm³/mol. The maximum atomic E-state index is 13.3. The minimum absolute atomic E-state index is 0.0437. The van der Waals surface area contributed by atoms with Crippen molar-refractivity contribution in [3.8, 4) is 0 Å². The summed E-state index contributed by atoms with van der Waals surface area (Å²) < 4.78 is 18.5. The lowest BCUT2D eigenvalue weighted by atomic mass is 9.95. The Morgan fingerprint density at radius 3 is 2.40 bits per heavy atom. The Labute approximate surface area is 238 Å². The molecule has 11 heteroatoms. The first-order valence-electron chi connectivity index (χ1n) is 13.8. The molecule has 0 N–H and O–H groups in total. The molecule has 220 valence electrons. The summed E-state index contributed by atoms with van der Waals surface area (Å²) >= 11 is 0. The summed E-state index contributed by atoms with van der Waals surface area (Å²) in [4.78, 5) is 43.0. The Morgan fingerprint density at radius 2 is 1.85 bits per heavy atom. The predicted octanol–water partition coefficient (Wildman–Crippen LogP) is 6.40. The summed E-state index contributed by atoms with van der Waals surface area (Å²) in [5.74, 6) is -1.01. The molecular weight excluding hydrogens is 530 g/mol. The third kappa shape index (κ3) is 7.44. The van der Waals surface area contributed by atoms with Crippen molar-refractivity contribution < 1.29 is 28.4 Å². The molecule has 0 radical (unpaired) electrons. The molecule has 1 aromatic rings. The molecule has 40 heavy (non-hydrogen) atoms. The number of aliphatic imine (C=N–C) groups is 1. The summed E-state index contributed by atoms with van der Waals surface area (Å²) in [5, 5.41) is 11.6. The van der Waals surface area contributed by atoms with Crippen molar-refractivity contribution in [1.82, 2.24) is 4.90 Å². The number of rotatable bonds is 7. The number of hydrogen-bond acceptors (Lipinski definition) is 7. The third-order valence-electron chi connectivity index (χ3n) is 7.65. The van der Waals surface area contributed by atoms with E-state index in [0.29, 0.717) is 12.0 Å². The van der Waals surface area contributed by atoms with Crippen LogP contribution in [0, 0.1) is 16.0 Å². The fourth-order valence-electron chi connectivity index (χ4n) is 4.50. The third-order valence-corrected chi connectivity index (χ3v) is 12.2. The van der Waals surface area contributed by atoms with Gasteiger partial charge in [0, 0.05) is 18.1 Å². The number of hydrogen-bond donors (Lipinski definition) is 0. The lowest BCUT2D eigenvalue weighted by Crippen LogP contribution is -2.45. The van der Waals surface area contributed by atoms with E-state index in [1.165, 1.54) is 6.07 Å². The summed E-state index contributed by atoms with van der Waals surface area (Å²) in [6.07, 6.45) is 3.23. The lowest BCUT2D eigenvalue weighted by molar-refractivity contribution is -0.385. The standard InChI is InChI=1S/C29H43N3O7Si/c1-10-22-24(39-40(8,9)29(5,6)7)17-23(37-22)20-15-16-25(30-26(20)33)31(27(34)38-28(2,3)4)18-19-13-11-12-14-21(19)32(35)36/h11-16,20,22-24H,10,17-18H2,1-9H3/t20?,22-,23-,24-/m1/s1. The van der Waals surface area contributed by atoms with Crippen molar-refractivity contribution in [2.24, 2.45) is 10.9 Å². The van der Waals surface area contributed by atoms with Gasteiger partial charge in [0.15, 0.2) is 8.32 Å². The van der Waals surface area contributed by atoms with Crippen molar-refractivity contribution in [3.63, 3.8) is 0 Å². The number of nitrogens with zero attached hydrogens (tertiary/aromatic N) is 3. The number of carbonyl (C=O) groups is 2. The van der Waals surface area contributed by atoms with Crippen molar-refractivity contribution in [2.45, 2.75) is 110 Å². The van der Waals surface area contributed by atoms with E-state index in [0.717, 1.165) is 11.3 Å².